The summed E-state index contributed by atoms with van der Waals surface area (Å²) in [5, 5.41) is 8.04. The zero-order chi connectivity index (χ0) is 17.5. The molecule has 126 valence electrons. The van der Waals surface area contributed by atoms with E-state index in [0.717, 1.165) is 17.0 Å². The van der Waals surface area contributed by atoms with Crippen LogP contribution in [0.4, 0.5) is 0 Å². The molecule has 0 unspecified atom stereocenters. The monoisotopic (exact) mass is 334 g/mol. The van der Waals surface area contributed by atoms with Crippen molar-refractivity contribution in [3.05, 3.63) is 78.1 Å². The van der Waals surface area contributed by atoms with E-state index in [-0.39, 0.29) is 12.5 Å². The van der Waals surface area contributed by atoms with Crippen LogP contribution in [-0.2, 0) is 11.3 Å². The fourth-order valence-electron chi connectivity index (χ4n) is 2.20. The van der Waals surface area contributed by atoms with Gasteiger partial charge in [0.15, 0.2) is 0 Å². The molecule has 6 heteroatoms. The third kappa shape index (κ3) is 4.78. The molecule has 0 spiro atoms. The smallest absolute Gasteiger partial charge is 0.261 e. The van der Waals surface area contributed by atoms with Crippen molar-refractivity contribution in [2.45, 2.75) is 13.5 Å². The van der Waals surface area contributed by atoms with Gasteiger partial charge in [-0.25, -0.2) is 5.43 Å². The minimum absolute atomic E-state index is 0.132. The van der Waals surface area contributed by atoms with Crippen LogP contribution in [0.5, 0.6) is 11.5 Å². The molecule has 1 aromatic heterocycles. The Morgan fingerprint density at radius 3 is 2.72 bits per heavy atom. The molecule has 0 saturated heterocycles. The molecule has 0 aliphatic carbocycles. The second-order valence-electron chi connectivity index (χ2n) is 5.41. The summed E-state index contributed by atoms with van der Waals surface area (Å²) >= 11 is 0. The molecule has 1 N–H and O–H groups in total. The molecular formula is C19H18N4O2. The molecule has 0 atom stereocenters. The summed E-state index contributed by atoms with van der Waals surface area (Å²) in [7, 11) is 0. The number of hydrogen-bond donors (Lipinski definition) is 1. The number of aromatic nitrogens is 2. The van der Waals surface area contributed by atoms with Crippen LogP contribution in [0, 0.1) is 6.92 Å². The second-order valence-corrected chi connectivity index (χ2v) is 5.41. The fourth-order valence-corrected chi connectivity index (χ4v) is 2.20. The Hall–Kier alpha value is -3.41. The maximum Gasteiger partial charge on any atom is 0.261 e. The number of carbonyl (C=O) groups is 1. The van der Waals surface area contributed by atoms with Crippen LogP contribution in [0.25, 0.3) is 0 Å². The van der Waals surface area contributed by atoms with Gasteiger partial charge < -0.3 is 4.74 Å². The van der Waals surface area contributed by atoms with E-state index in [2.05, 4.69) is 15.6 Å². The second kappa shape index (κ2) is 7.92. The SMILES string of the molecule is Cc1ccnn1CC(=O)N/N=C\c1cccc(Oc2ccccc2)c1. The van der Waals surface area contributed by atoms with Gasteiger partial charge in [0.25, 0.3) is 5.91 Å². The lowest BCUT2D eigenvalue weighted by Gasteiger charge is -2.06. The molecule has 0 saturated carbocycles. The topological polar surface area (TPSA) is 68.5 Å². The van der Waals surface area contributed by atoms with Crippen molar-refractivity contribution in [1.29, 1.82) is 0 Å². The Labute approximate surface area is 145 Å². The number of hydrogen-bond acceptors (Lipinski definition) is 4. The third-order valence-electron chi connectivity index (χ3n) is 3.46. The zero-order valence-corrected chi connectivity index (χ0v) is 13.8. The van der Waals surface area contributed by atoms with Crippen LogP contribution in [0.2, 0.25) is 0 Å². The third-order valence-corrected chi connectivity index (χ3v) is 3.46. The summed E-state index contributed by atoms with van der Waals surface area (Å²) in [6, 6.07) is 18.8. The van der Waals surface area contributed by atoms with Gasteiger partial charge in [-0.15, -0.1) is 0 Å². The minimum atomic E-state index is -0.236. The molecule has 6 nitrogen and oxygen atoms in total. The molecule has 3 rings (SSSR count). The highest BCUT2D eigenvalue weighted by Crippen LogP contribution is 2.21. The van der Waals surface area contributed by atoms with Crippen molar-refractivity contribution in [1.82, 2.24) is 15.2 Å². The molecular weight excluding hydrogens is 316 g/mol. The highest BCUT2D eigenvalue weighted by molar-refractivity contribution is 5.82. The molecule has 2 aromatic carbocycles. The first kappa shape index (κ1) is 16.4. The van der Waals surface area contributed by atoms with E-state index in [1.807, 2.05) is 67.6 Å². The highest BCUT2D eigenvalue weighted by atomic mass is 16.5. The number of rotatable bonds is 6. The summed E-state index contributed by atoms with van der Waals surface area (Å²) in [5.74, 6) is 1.23. The molecule has 0 aliphatic rings. The lowest BCUT2D eigenvalue weighted by molar-refractivity contribution is -0.121. The first-order chi connectivity index (χ1) is 12.2. The number of hydrazone groups is 1. The van der Waals surface area contributed by atoms with Crippen LogP contribution in [-0.4, -0.2) is 21.9 Å². The van der Waals surface area contributed by atoms with Crippen LogP contribution >= 0.6 is 0 Å². The first-order valence-corrected chi connectivity index (χ1v) is 7.84. The summed E-state index contributed by atoms with van der Waals surface area (Å²) in [5.41, 5.74) is 4.24. The summed E-state index contributed by atoms with van der Waals surface area (Å²) in [4.78, 5) is 11.9. The summed E-state index contributed by atoms with van der Waals surface area (Å²) < 4.78 is 7.38. The van der Waals surface area contributed by atoms with Gasteiger partial charge in [-0.3, -0.25) is 9.48 Å². The number of aryl methyl sites for hydroxylation is 1. The standard InChI is InChI=1S/C19H18N4O2/c1-15-10-11-21-23(15)14-19(24)22-20-13-16-6-5-9-18(12-16)25-17-7-3-2-4-8-17/h2-13H,14H2,1H3,(H,22,24)/b20-13-. The molecule has 1 amide bonds. The number of para-hydroxylation sites is 1. The van der Waals surface area contributed by atoms with Gasteiger partial charge in [-0.2, -0.15) is 10.2 Å². The van der Waals surface area contributed by atoms with Crippen LogP contribution in [0.1, 0.15) is 11.3 Å². The quantitative estimate of drug-likeness (QED) is 0.556. The number of ether oxygens (including phenoxy) is 1. The normalized spacial score (nSPS) is 10.8. The van der Waals surface area contributed by atoms with Crippen LogP contribution in [0.3, 0.4) is 0 Å². The largest absolute Gasteiger partial charge is 0.457 e. The van der Waals surface area contributed by atoms with E-state index in [4.69, 9.17) is 4.74 Å². The van der Waals surface area contributed by atoms with E-state index in [1.54, 1.807) is 17.1 Å². The van der Waals surface area contributed by atoms with Crippen LogP contribution < -0.4 is 10.2 Å². The molecule has 25 heavy (non-hydrogen) atoms. The average molecular weight is 334 g/mol. The molecule has 0 fully saturated rings. The maximum absolute atomic E-state index is 11.9. The van der Waals surface area contributed by atoms with Gasteiger partial charge in [-0.05, 0) is 42.8 Å². The van der Waals surface area contributed by atoms with Gasteiger partial charge in [-0.1, -0.05) is 30.3 Å². The molecule has 0 aliphatic heterocycles. The first-order valence-electron chi connectivity index (χ1n) is 7.84. The number of carbonyl (C=O) groups excluding carboxylic acids is 1. The van der Waals surface area contributed by atoms with Gasteiger partial charge in [0.2, 0.25) is 0 Å². The Morgan fingerprint density at radius 2 is 1.96 bits per heavy atom. The van der Waals surface area contributed by atoms with Gasteiger partial charge in [0.05, 0.1) is 6.21 Å². The van der Waals surface area contributed by atoms with Crippen molar-refractivity contribution in [2.24, 2.45) is 5.10 Å². The van der Waals surface area contributed by atoms with E-state index in [0.29, 0.717) is 5.75 Å². The Balaban J connectivity index is 1.57. The van der Waals surface area contributed by atoms with Crippen molar-refractivity contribution in [3.63, 3.8) is 0 Å². The van der Waals surface area contributed by atoms with Crippen molar-refractivity contribution < 1.29 is 9.53 Å². The Kier molecular flexibility index (Phi) is 5.21. The van der Waals surface area contributed by atoms with Crippen molar-refractivity contribution in [3.8, 4) is 11.5 Å². The summed E-state index contributed by atoms with van der Waals surface area (Å²) in [6.07, 6.45) is 3.23. The zero-order valence-electron chi connectivity index (χ0n) is 13.8. The van der Waals surface area contributed by atoms with E-state index in [1.165, 1.54) is 0 Å². The van der Waals surface area contributed by atoms with E-state index in [9.17, 15) is 4.79 Å². The predicted molar refractivity (Wildman–Crippen MR) is 95.7 cm³/mol. The lowest BCUT2D eigenvalue weighted by Crippen LogP contribution is -2.24. The number of nitrogens with one attached hydrogen (secondary N) is 1. The minimum Gasteiger partial charge on any atom is -0.457 e. The number of benzene rings is 2. The maximum atomic E-state index is 11.9. The number of nitrogens with zero attached hydrogens (tertiary/aromatic N) is 3. The van der Waals surface area contributed by atoms with Crippen molar-refractivity contribution in [2.75, 3.05) is 0 Å². The van der Waals surface area contributed by atoms with Gasteiger partial charge >= 0.3 is 0 Å². The average Bonchev–Trinajstić information content (AvgIpc) is 3.01. The fraction of sp³-hybridized carbons (Fsp3) is 0.105. The van der Waals surface area contributed by atoms with E-state index < -0.39 is 0 Å². The van der Waals surface area contributed by atoms with Crippen LogP contribution in [0.15, 0.2) is 72.0 Å². The van der Waals surface area contributed by atoms with E-state index >= 15 is 0 Å². The number of amides is 1. The van der Waals surface area contributed by atoms with Gasteiger partial charge in [0.1, 0.15) is 18.0 Å². The predicted octanol–water partition coefficient (Wildman–Crippen LogP) is 3.13. The molecule has 0 radical (unpaired) electrons. The molecule has 0 bridgehead atoms. The Bertz CT molecular complexity index is 872. The molecule has 3 aromatic rings. The summed E-state index contributed by atoms with van der Waals surface area (Å²) in [6.45, 7) is 2.02. The molecule has 1 heterocycles. The van der Waals surface area contributed by atoms with Crippen molar-refractivity contribution >= 4 is 12.1 Å². The van der Waals surface area contributed by atoms with Gasteiger partial charge in [0, 0.05) is 11.9 Å². The Morgan fingerprint density at radius 1 is 1.16 bits per heavy atom. The highest BCUT2D eigenvalue weighted by Gasteiger charge is 2.03. The lowest BCUT2D eigenvalue weighted by atomic mass is 10.2.